The van der Waals surface area contributed by atoms with Crippen molar-refractivity contribution in [1.29, 1.82) is 0 Å². The van der Waals surface area contributed by atoms with Crippen LogP contribution >= 0.6 is 11.3 Å². The first-order valence-electron chi connectivity index (χ1n) is 7.87. The zero-order valence-corrected chi connectivity index (χ0v) is 12.8. The Morgan fingerprint density at radius 2 is 2.11 bits per heavy atom. The third-order valence-electron chi connectivity index (χ3n) is 4.80. The molecule has 2 nitrogen and oxygen atoms in total. The van der Waals surface area contributed by atoms with Gasteiger partial charge in [0.2, 0.25) is 0 Å². The largest absolute Gasteiger partial charge is 0.312 e. The molecule has 0 radical (unpaired) electrons. The first-order valence-corrected chi connectivity index (χ1v) is 8.75. The van der Waals surface area contributed by atoms with E-state index in [1.165, 1.54) is 49.1 Å². The second-order valence-corrected chi connectivity index (χ2v) is 7.16. The van der Waals surface area contributed by atoms with Gasteiger partial charge in [-0.1, -0.05) is 6.92 Å². The Kier molecular flexibility index (Phi) is 4.57. The number of aryl methyl sites for hydroxylation is 1. The summed E-state index contributed by atoms with van der Waals surface area (Å²) in [7, 11) is 0. The van der Waals surface area contributed by atoms with Crippen LogP contribution in [0.15, 0.2) is 11.4 Å². The van der Waals surface area contributed by atoms with Crippen LogP contribution in [0.4, 0.5) is 0 Å². The Bertz CT molecular complexity index is 389. The monoisotopic (exact) mass is 278 g/mol. The van der Waals surface area contributed by atoms with Gasteiger partial charge in [-0.2, -0.15) is 0 Å². The average Bonchev–Trinajstić information content (AvgIpc) is 3.01. The molecule has 19 heavy (non-hydrogen) atoms. The highest BCUT2D eigenvalue weighted by Crippen LogP contribution is 2.32. The summed E-state index contributed by atoms with van der Waals surface area (Å²) in [6.07, 6.45) is 8.20. The highest BCUT2D eigenvalue weighted by Gasteiger charge is 2.32. The molecule has 2 aliphatic rings. The lowest BCUT2D eigenvalue weighted by molar-refractivity contribution is 0.283. The second-order valence-electron chi connectivity index (χ2n) is 6.16. The first-order chi connectivity index (χ1) is 9.35. The molecule has 0 saturated carbocycles. The van der Waals surface area contributed by atoms with E-state index in [4.69, 9.17) is 0 Å². The van der Waals surface area contributed by atoms with Crippen molar-refractivity contribution in [2.45, 2.75) is 64.1 Å². The molecule has 1 aromatic rings. The Morgan fingerprint density at radius 3 is 2.84 bits per heavy atom. The van der Waals surface area contributed by atoms with Gasteiger partial charge >= 0.3 is 0 Å². The number of hydrogen-bond donors (Lipinski definition) is 2. The van der Waals surface area contributed by atoms with Crippen LogP contribution < -0.4 is 10.6 Å². The summed E-state index contributed by atoms with van der Waals surface area (Å²) in [5.74, 6) is 0.959. The Hall–Kier alpha value is -0.380. The number of fused-ring (bicyclic) bond motifs is 2. The van der Waals surface area contributed by atoms with Crippen LogP contribution in [-0.2, 0) is 13.0 Å². The maximum Gasteiger partial charge on any atom is 0.0302 e. The minimum absolute atomic E-state index is 0.841. The lowest BCUT2D eigenvalue weighted by Crippen LogP contribution is -2.38. The number of nitrogens with one attached hydrogen (secondary N) is 2. The number of piperidine rings is 1. The Labute approximate surface area is 121 Å². The molecule has 3 heteroatoms. The molecule has 0 aromatic carbocycles. The zero-order chi connectivity index (χ0) is 13.1. The van der Waals surface area contributed by atoms with Crippen LogP contribution in [0.1, 0.15) is 49.5 Å². The minimum atomic E-state index is 0.841. The van der Waals surface area contributed by atoms with Crippen molar-refractivity contribution in [3.8, 4) is 0 Å². The fourth-order valence-electron chi connectivity index (χ4n) is 3.76. The van der Waals surface area contributed by atoms with E-state index in [0.717, 1.165) is 31.0 Å². The zero-order valence-electron chi connectivity index (χ0n) is 12.0. The third-order valence-corrected chi connectivity index (χ3v) is 5.77. The number of rotatable bonds is 6. The molecule has 0 amide bonds. The molecule has 2 unspecified atom stereocenters. The molecule has 3 rings (SSSR count). The molecule has 2 bridgehead atoms. The van der Waals surface area contributed by atoms with Crippen molar-refractivity contribution < 1.29 is 0 Å². The van der Waals surface area contributed by atoms with Gasteiger partial charge in [0.1, 0.15) is 0 Å². The average molecular weight is 278 g/mol. The third kappa shape index (κ3) is 3.39. The summed E-state index contributed by atoms with van der Waals surface area (Å²) < 4.78 is 0. The Morgan fingerprint density at radius 1 is 1.32 bits per heavy atom. The second kappa shape index (κ2) is 6.38. The standard InChI is InChI=1S/C16H26N2S/c1-2-13-6-8-19-16(13)11-17-7-5-12-9-14-3-4-15(10-12)18-14/h6,8,12,14-15,17-18H,2-5,7,9-11H2,1H3. The Balaban J connectivity index is 1.37. The van der Waals surface area contributed by atoms with E-state index < -0.39 is 0 Å². The van der Waals surface area contributed by atoms with Gasteiger partial charge in [0.15, 0.2) is 0 Å². The number of thiophene rings is 1. The van der Waals surface area contributed by atoms with Crippen LogP contribution in [0.3, 0.4) is 0 Å². The number of hydrogen-bond acceptors (Lipinski definition) is 3. The molecule has 3 heterocycles. The van der Waals surface area contributed by atoms with Gasteiger partial charge in [0, 0.05) is 23.5 Å². The lowest BCUT2D eigenvalue weighted by Gasteiger charge is -2.29. The molecule has 2 N–H and O–H groups in total. The van der Waals surface area contributed by atoms with E-state index >= 15 is 0 Å². The fourth-order valence-corrected chi connectivity index (χ4v) is 4.70. The van der Waals surface area contributed by atoms with E-state index in [9.17, 15) is 0 Å². The molecule has 106 valence electrons. The van der Waals surface area contributed by atoms with Crippen molar-refractivity contribution in [2.75, 3.05) is 6.54 Å². The predicted molar refractivity (Wildman–Crippen MR) is 82.7 cm³/mol. The fraction of sp³-hybridized carbons (Fsp3) is 0.750. The summed E-state index contributed by atoms with van der Waals surface area (Å²) in [6, 6.07) is 3.95. The molecular formula is C16H26N2S. The van der Waals surface area contributed by atoms with Gasteiger partial charge in [-0.15, -0.1) is 11.3 Å². The predicted octanol–water partition coefficient (Wildman–Crippen LogP) is 3.32. The summed E-state index contributed by atoms with van der Waals surface area (Å²) in [6.45, 7) is 4.50. The van der Waals surface area contributed by atoms with Gasteiger partial charge in [0.05, 0.1) is 0 Å². The van der Waals surface area contributed by atoms with Gasteiger partial charge in [-0.05, 0) is 68.0 Å². The van der Waals surface area contributed by atoms with Crippen molar-refractivity contribution in [3.63, 3.8) is 0 Å². The normalized spacial score (nSPS) is 29.8. The molecule has 2 atom stereocenters. The summed E-state index contributed by atoms with van der Waals surface area (Å²) in [5, 5.41) is 9.60. The summed E-state index contributed by atoms with van der Waals surface area (Å²) in [4.78, 5) is 1.54. The summed E-state index contributed by atoms with van der Waals surface area (Å²) >= 11 is 1.90. The van der Waals surface area contributed by atoms with Crippen LogP contribution in [0.25, 0.3) is 0 Å². The molecular weight excluding hydrogens is 252 g/mol. The van der Waals surface area contributed by atoms with Gasteiger partial charge in [0.25, 0.3) is 0 Å². The van der Waals surface area contributed by atoms with Gasteiger partial charge in [-0.3, -0.25) is 0 Å². The molecule has 0 spiro atoms. The molecule has 2 aliphatic heterocycles. The highest BCUT2D eigenvalue weighted by molar-refractivity contribution is 7.10. The molecule has 2 fully saturated rings. The van der Waals surface area contributed by atoms with E-state index in [1.54, 1.807) is 0 Å². The van der Waals surface area contributed by atoms with Crippen LogP contribution in [0, 0.1) is 5.92 Å². The molecule has 0 aliphatic carbocycles. The maximum atomic E-state index is 3.73. The van der Waals surface area contributed by atoms with Crippen LogP contribution in [0.5, 0.6) is 0 Å². The van der Waals surface area contributed by atoms with Gasteiger partial charge < -0.3 is 10.6 Å². The van der Waals surface area contributed by atoms with Crippen molar-refractivity contribution in [1.82, 2.24) is 10.6 Å². The van der Waals surface area contributed by atoms with E-state index in [-0.39, 0.29) is 0 Å². The van der Waals surface area contributed by atoms with Crippen LogP contribution in [-0.4, -0.2) is 18.6 Å². The van der Waals surface area contributed by atoms with E-state index in [1.807, 2.05) is 11.3 Å². The quantitative estimate of drug-likeness (QED) is 0.780. The van der Waals surface area contributed by atoms with E-state index in [0.29, 0.717) is 0 Å². The molecule has 2 saturated heterocycles. The lowest BCUT2D eigenvalue weighted by atomic mass is 9.90. The first kappa shape index (κ1) is 13.6. The topological polar surface area (TPSA) is 24.1 Å². The summed E-state index contributed by atoms with van der Waals surface area (Å²) in [5.41, 5.74) is 1.53. The van der Waals surface area contributed by atoms with E-state index in [2.05, 4.69) is 29.0 Å². The van der Waals surface area contributed by atoms with Crippen molar-refractivity contribution in [2.24, 2.45) is 5.92 Å². The van der Waals surface area contributed by atoms with Crippen molar-refractivity contribution in [3.05, 3.63) is 21.9 Å². The maximum absolute atomic E-state index is 3.73. The van der Waals surface area contributed by atoms with Gasteiger partial charge in [-0.25, -0.2) is 0 Å². The minimum Gasteiger partial charge on any atom is -0.312 e. The molecule has 1 aromatic heterocycles. The van der Waals surface area contributed by atoms with Crippen LogP contribution in [0.2, 0.25) is 0 Å². The SMILES string of the molecule is CCc1ccsc1CNCCC1CC2CCC(C1)N2. The smallest absolute Gasteiger partial charge is 0.0302 e. The van der Waals surface area contributed by atoms with Crippen molar-refractivity contribution >= 4 is 11.3 Å². The highest BCUT2D eigenvalue weighted by atomic mass is 32.1.